The van der Waals surface area contributed by atoms with Crippen molar-refractivity contribution in [3.8, 4) is 11.5 Å². The van der Waals surface area contributed by atoms with Gasteiger partial charge >= 0.3 is 0 Å². The van der Waals surface area contributed by atoms with E-state index in [0.717, 1.165) is 30.8 Å². The fourth-order valence-corrected chi connectivity index (χ4v) is 3.58. The van der Waals surface area contributed by atoms with Crippen LogP contribution in [0, 0.1) is 0 Å². The smallest absolute Gasteiger partial charge is 0.251 e. The molecule has 142 valence electrons. The van der Waals surface area contributed by atoms with Gasteiger partial charge in [0.2, 0.25) is 0 Å². The molecule has 3 rings (SSSR count). The SMILES string of the molecule is C=CCN1CCc2cc(OC)c(OC)cc2[C@@H]1CNC(=O)c1ccccc1. The highest BCUT2D eigenvalue weighted by Crippen LogP contribution is 2.37. The van der Waals surface area contributed by atoms with Crippen LogP contribution in [0.25, 0.3) is 0 Å². The molecule has 0 saturated carbocycles. The third kappa shape index (κ3) is 4.14. The molecule has 2 aromatic carbocycles. The fourth-order valence-electron chi connectivity index (χ4n) is 3.58. The second kappa shape index (κ2) is 8.73. The predicted octanol–water partition coefficient (Wildman–Crippen LogP) is 3.22. The van der Waals surface area contributed by atoms with E-state index < -0.39 is 0 Å². The van der Waals surface area contributed by atoms with E-state index in [1.54, 1.807) is 14.2 Å². The van der Waals surface area contributed by atoms with Gasteiger partial charge < -0.3 is 14.8 Å². The van der Waals surface area contributed by atoms with Crippen molar-refractivity contribution in [2.45, 2.75) is 12.5 Å². The van der Waals surface area contributed by atoms with Crippen molar-refractivity contribution in [2.24, 2.45) is 0 Å². The molecule has 1 amide bonds. The summed E-state index contributed by atoms with van der Waals surface area (Å²) >= 11 is 0. The molecule has 2 aromatic rings. The van der Waals surface area contributed by atoms with Gasteiger partial charge in [-0.3, -0.25) is 9.69 Å². The molecule has 1 heterocycles. The Kier molecular flexibility index (Phi) is 6.14. The summed E-state index contributed by atoms with van der Waals surface area (Å²) in [5.74, 6) is 1.37. The molecule has 0 spiro atoms. The highest BCUT2D eigenvalue weighted by molar-refractivity contribution is 5.94. The Bertz CT molecular complexity index is 805. The Morgan fingerprint density at radius 3 is 2.59 bits per heavy atom. The highest BCUT2D eigenvalue weighted by Gasteiger charge is 2.28. The fraction of sp³-hybridized carbons (Fsp3) is 0.318. The van der Waals surface area contributed by atoms with Crippen LogP contribution < -0.4 is 14.8 Å². The molecule has 1 aliphatic rings. The summed E-state index contributed by atoms with van der Waals surface area (Å²) in [5, 5.41) is 3.08. The van der Waals surface area contributed by atoms with Gasteiger partial charge in [-0.1, -0.05) is 24.3 Å². The number of ether oxygens (including phenoxy) is 2. The lowest BCUT2D eigenvalue weighted by atomic mass is 9.91. The van der Waals surface area contributed by atoms with Crippen LogP contribution in [-0.2, 0) is 6.42 Å². The third-order valence-corrected chi connectivity index (χ3v) is 4.97. The van der Waals surface area contributed by atoms with E-state index in [-0.39, 0.29) is 11.9 Å². The molecule has 5 heteroatoms. The average molecular weight is 366 g/mol. The van der Waals surface area contributed by atoms with Crippen LogP contribution in [0.2, 0.25) is 0 Å². The van der Waals surface area contributed by atoms with Crippen molar-refractivity contribution in [3.05, 3.63) is 71.8 Å². The first-order valence-corrected chi connectivity index (χ1v) is 9.11. The number of carbonyl (C=O) groups is 1. The Morgan fingerprint density at radius 2 is 1.93 bits per heavy atom. The normalized spacial score (nSPS) is 16.3. The molecular weight excluding hydrogens is 340 g/mol. The number of hydrogen-bond acceptors (Lipinski definition) is 4. The molecule has 1 aliphatic heterocycles. The number of amides is 1. The van der Waals surface area contributed by atoms with E-state index in [1.807, 2.05) is 48.5 Å². The van der Waals surface area contributed by atoms with Crippen molar-refractivity contribution in [1.82, 2.24) is 10.2 Å². The Morgan fingerprint density at radius 1 is 1.22 bits per heavy atom. The minimum atomic E-state index is -0.0678. The zero-order valence-electron chi connectivity index (χ0n) is 15.9. The highest BCUT2D eigenvalue weighted by atomic mass is 16.5. The number of nitrogens with one attached hydrogen (secondary N) is 1. The van der Waals surface area contributed by atoms with Gasteiger partial charge in [0.05, 0.1) is 20.3 Å². The second-order valence-electron chi connectivity index (χ2n) is 6.53. The zero-order chi connectivity index (χ0) is 19.2. The van der Waals surface area contributed by atoms with E-state index in [1.165, 1.54) is 5.56 Å². The second-order valence-corrected chi connectivity index (χ2v) is 6.53. The number of benzene rings is 2. The maximum atomic E-state index is 12.5. The van der Waals surface area contributed by atoms with Gasteiger partial charge in [-0.25, -0.2) is 0 Å². The number of nitrogens with zero attached hydrogens (tertiary/aromatic N) is 1. The average Bonchev–Trinajstić information content (AvgIpc) is 2.72. The lowest BCUT2D eigenvalue weighted by molar-refractivity contribution is 0.0932. The lowest BCUT2D eigenvalue weighted by Gasteiger charge is -2.37. The lowest BCUT2D eigenvalue weighted by Crippen LogP contribution is -2.42. The quantitative estimate of drug-likeness (QED) is 0.765. The van der Waals surface area contributed by atoms with Crippen LogP contribution in [0.15, 0.2) is 55.1 Å². The molecule has 0 bridgehead atoms. The molecule has 1 N–H and O–H groups in total. The Labute approximate surface area is 160 Å². The number of rotatable bonds is 7. The zero-order valence-corrected chi connectivity index (χ0v) is 15.9. The van der Waals surface area contributed by atoms with Crippen LogP contribution in [-0.4, -0.2) is 44.7 Å². The first kappa shape index (κ1) is 19.0. The molecule has 0 aromatic heterocycles. The molecule has 0 fully saturated rings. The molecule has 27 heavy (non-hydrogen) atoms. The van der Waals surface area contributed by atoms with Crippen molar-refractivity contribution >= 4 is 5.91 Å². The van der Waals surface area contributed by atoms with E-state index in [0.29, 0.717) is 17.9 Å². The summed E-state index contributed by atoms with van der Waals surface area (Å²) in [6.45, 7) is 6.06. The third-order valence-electron chi connectivity index (χ3n) is 4.97. The number of hydrogen-bond donors (Lipinski definition) is 1. The van der Waals surface area contributed by atoms with Crippen LogP contribution in [0.4, 0.5) is 0 Å². The molecule has 0 unspecified atom stereocenters. The van der Waals surface area contributed by atoms with E-state index in [9.17, 15) is 4.79 Å². The van der Waals surface area contributed by atoms with E-state index in [2.05, 4.69) is 16.8 Å². The van der Waals surface area contributed by atoms with Gasteiger partial charge in [0.25, 0.3) is 5.91 Å². The first-order chi connectivity index (χ1) is 13.2. The number of fused-ring (bicyclic) bond motifs is 1. The Hall–Kier alpha value is -2.79. The van der Waals surface area contributed by atoms with E-state index >= 15 is 0 Å². The van der Waals surface area contributed by atoms with Gasteiger partial charge in [-0.15, -0.1) is 6.58 Å². The summed E-state index contributed by atoms with van der Waals surface area (Å²) in [5.41, 5.74) is 3.05. The Balaban J connectivity index is 1.86. The number of methoxy groups -OCH3 is 2. The maximum absolute atomic E-state index is 12.5. The van der Waals surface area contributed by atoms with Gasteiger partial charge in [-0.2, -0.15) is 0 Å². The van der Waals surface area contributed by atoms with Crippen LogP contribution in [0.1, 0.15) is 27.5 Å². The molecule has 5 nitrogen and oxygen atoms in total. The first-order valence-electron chi connectivity index (χ1n) is 9.11. The minimum Gasteiger partial charge on any atom is -0.493 e. The summed E-state index contributed by atoms with van der Waals surface area (Å²) in [7, 11) is 3.29. The molecular formula is C22H26N2O3. The van der Waals surface area contributed by atoms with Gasteiger partial charge in [0, 0.05) is 25.2 Å². The monoisotopic (exact) mass is 366 g/mol. The summed E-state index contributed by atoms with van der Waals surface area (Å²) in [4.78, 5) is 14.8. The predicted molar refractivity (Wildman–Crippen MR) is 107 cm³/mol. The van der Waals surface area contributed by atoms with E-state index in [4.69, 9.17) is 9.47 Å². The summed E-state index contributed by atoms with van der Waals surface area (Å²) < 4.78 is 10.9. The van der Waals surface area contributed by atoms with Crippen LogP contribution >= 0.6 is 0 Å². The van der Waals surface area contributed by atoms with Crippen molar-refractivity contribution < 1.29 is 14.3 Å². The van der Waals surface area contributed by atoms with Crippen molar-refractivity contribution in [1.29, 1.82) is 0 Å². The van der Waals surface area contributed by atoms with Crippen molar-refractivity contribution in [2.75, 3.05) is 33.9 Å². The largest absolute Gasteiger partial charge is 0.493 e. The van der Waals surface area contributed by atoms with Gasteiger partial charge in [0.15, 0.2) is 11.5 Å². The topological polar surface area (TPSA) is 50.8 Å². The molecule has 0 radical (unpaired) electrons. The van der Waals surface area contributed by atoms with Crippen LogP contribution in [0.3, 0.4) is 0 Å². The molecule has 0 saturated heterocycles. The molecule has 0 aliphatic carbocycles. The van der Waals surface area contributed by atoms with Gasteiger partial charge in [0.1, 0.15) is 0 Å². The van der Waals surface area contributed by atoms with Crippen LogP contribution in [0.5, 0.6) is 11.5 Å². The standard InChI is InChI=1S/C22H26N2O3/c1-4-11-24-12-10-17-13-20(26-2)21(27-3)14-18(17)19(24)15-23-22(25)16-8-6-5-7-9-16/h4-9,13-14,19H,1,10-12,15H2,2-3H3,(H,23,25)/t19-/m0/s1. The maximum Gasteiger partial charge on any atom is 0.251 e. The molecule has 1 atom stereocenters. The number of carbonyl (C=O) groups excluding carboxylic acids is 1. The van der Waals surface area contributed by atoms with Crippen molar-refractivity contribution in [3.63, 3.8) is 0 Å². The van der Waals surface area contributed by atoms with Gasteiger partial charge in [-0.05, 0) is 41.8 Å². The minimum absolute atomic E-state index is 0.0548. The summed E-state index contributed by atoms with van der Waals surface area (Å²) in [6, 6.07) is 13.4. The summed E-state index contributed by atoms with van der Waals surface area (Å²) in [6.07, 6.45) is 2.82.